The van der Waals surface area contributed by atoms with E-state index in [0.717, 1.165) is 17.0 Å². The molecule has 2 atom stereocenters. The van der Waals surface area contributed by atoms with Crippen LogP contribution in [-0.4, -0.2) is 31.1 Å². The highest BCUT2D eigenvalue weighted by Gasteiger charge is 2.42. The number of carbonyl (C=O) groups excluding carboxylic acids is 2. The van der Waals surface area contributed by atoms with Crippen molar-refractivity contribution in [3.63, 3.8) is 0 Å². The lowest BCUT2D eigenvalue weighted by atomic mass is 9.71. The van der Waals surface area contributed by atoms with Gasteiger partial charge < -0.3 is 19.9 Å². The number of esters is 1. The molecule has 0 radical (unpaired) electrons. The summed E-state index contributed by atoms with van der Waals surface area (Å²) < 4.78 is 10.5. The normalized spacial score (nSPS) is 19.7. The number of methoxy groups -OCH3 is 2. The molecule has 2 unspecified atom stereocenters. The van der Waals surface area contributed by atoms with Crippen molar-refractivity contribution in [2.45, 2.75) is 45.4 Å². The molecule has 0 fully saturated rings. The zero-order chi connectivity index (χ0) is 24.1. The van der Waals surface area contributed by atoms with Crippen LogP contribution in [0, 0.1) is 0 Å². The number of phenols is 1. The zero-order valence-electron chi connectivity index (χ0n) is 19.8. The number of phenolic OH excluding ortho intramolecular Hbond substituents is 1. The Kier molecular flexibility index (Phi) is 7.59. The Morgan fingerprint density at radius 2 is 1.64 bits per heavy atom. The lowest BCUT2D eigenvalue weighted by Gasteiger charge is -2.37. The molecule has 33 heavy (non-hydrogen) atoms. The third kappa shape index (κ3) is 4.51. The number of rotatable bonds is 4. The standard InChI is InChI=1S/C25H25NO5.C2H6/c1-14-22(25(29)31-3)23(17-9-4-6-10-19(17)27)24-18(26-14)12-15(13-20(24)28)16-8-5-7-11-21(16)30-2;1-2/h4-11,15,23,26-27H,12-13H2,1-3H3;1-2H3. The van der Waals surface area contributed by atoms with Gasteiger partial charge in [-0.25, -0.2) is 4.79 Å². The fourth-order valence-electron chi connectivity index (χ4n) is 4.69. The topological polar surface area (TPSA) is 84.9 Å². The first kappa shape index (κ1) is 24.1. The predicted molar refractivity (Wildman–Crippen MR) is 127 cm³/mol. The van der Waals surface area contributed by atoms with Crippen molar-refractivity contribution in [3.8, 4) is 11.5 Å². The zero-order valence-corrected chi connectivity index (χ0v) is 19.8. The summed E-state index contributed by atoms with van der Waals surface area (Å²) in [5.41, 5.74) is 3.73. The van der Waals surface area contributed by atoms with Crippen molar-refractivity contribution in [1.82, 2.24) is 5.32 Å². The lowest BCUT2D eigenvalue weighted by Crippen LogP contribution is -2.36. The quantitative estimate of drug-likeness (QED) is 0.642. The summed E-state index contributed by atoms with van der Waals surface area (Å²) in [5.74, 6) is -0.533. The molecule has 2 aliphatic rings. The number of allylic oxidation sites excluding steroid dienone is 3. The van der Waals surface area contributed by atoms with Crippen molar-refractivity contribution < 1.29 is 24.2 Å². The summed E-state index contributed by atoms with van der Waals surface area (Å²) in [6, 6.07) is 14.5. The lowest BCUT2D eigenvalue weighted by molar-refractivity contribution is -0.136. The molecule has 0 aromatic heterocycles. The van der Waals surface area contributed by atoms with Gasteiger partial charge in [-0.05, 0) is 31.0 Å². The van der Waals surface area contributed by atoms with Crippen molar-refractivity contribution >= 4 is 11.8 Å². The van der Waals surface area contributed by atoms with Gasteiger partial charge in [-0.15, -0.1) is 0 Å². The van der Waals surface area contributed by atoms with Crippen molar-refractivity contribution in [2.24, 2.45) is 0 Å². The van der Waals surface area contributed by atoms with Crippen LogP contribution in [-0.2, 0) is 14.3 Å². The van der Waals surface area contributed by atoms with E-state index in [1.165, 1.54) is 7.11 Å². The van der Waals surface area contributed by atoms with Crippen LogP contribution < -0.4 is 10.1 Å². The summed E-state index contributed by atoms with van der Waals surface area (Å²) in [6.45, 7) is 5.79. The van der Waals surface area contributed by atoms with Gasteiger partial charge >= 0.3 is 5.97 Å². The highest BCUT2D eigenvalue weighted by molar-refractivity contribution is 6.04. The highest BCUT2D eigenvalue weighted by atomic mass is 16.5. The fourth-order valence-corrected chi connectivity index (χ4v) is 4.69. The molecule has 174 valence electrons. The first-order valence-electron chi connectivity index (χ1n) is 11.2. The molecule has 0 spiro atoms. The molecule has 6 heteroatoms. The molecular weight excluding hydrogens is 418 g/mol. The summed E-state index contributed by atoms with van der Waals surface area (Å²) in [7, 11) is 2.94. The van der Waals surface area contributed by atoms with Crippen LogP contribution in [0.3, 0.4) is 0 Å². The van der Waals surface area contributed by atoms with E-state index in [9.17, 15) is 14.7 Å². The Hall–Kier alpha value is -3.54. The number of hydrogen-bond donors (Lipinski definition) is 2. The number of hydrogen-bond acceptors (Lipinski definition) is 6. The Morgan fingerprint density at radius 1 is 1.00 bits per heavy atom. The van der Waals surface area contributed by atoms with Gasteiger partial charge in [0.1, 0.15) is 11.5 Å². The minimum absolute atomic E-state index is 0.0371. The molecule has 0 amide bonds. The fraction of sp³-hybridized carbons (Fsp3) is 0.333. The van der Waals surface area contributed by atoms with E-state index in [1.807, 2.05) is 38.1 Å². The van der Waals surface area contributed by atoms with Crippen LogP contribution in [0.25, 0.3) is 0 Å². The van der Waals surface area contributed by atoms with Crippen LogP contribution in [0.4, 0.5) is 0 Å². The van der Waals surface area contributed by atoms with Gasteiger partial charge in [-0.1, -0.05) is 50.2 Å². The average molecular weight is 450 g/mol. The molecule has 2 N–H and O–H groups in total. The second kappa shape index (κ2) is 10.4. The summed E-state index contributed by atoms with van der Waals surface area (Å²) in [6.07, 6.45) is 0.885. The van der Waals surface area contributed by atoms with Gasteiger partial charge in [0, 0.05) is 34.9 Å². The molecule has 4 rings (SSSR count). The van der Waals surface area contributed by atoms with Crippen LogP contribution >= 0.6 is 0 Å². The molecule has 2 aromatic rings. The Bertz CT molecular complexity index is 1110. The number of dihydropyridines is 1. The van der Waals surface area contributed by atoms with Gasteiger partial charge in [0.25, 0.3) is 0 Å². The van der Waals surface area contributed by atoms with Gasteiger partial charge in [-0.3, -0.25) is 4.79 Å². The number of para-hydroxylation sites is 2. The van der Waals surface area contributed by atoms with Crippen LogP contribution in [0.1, 0.15) is 56.6 Å². The van der Waals surface area contributed by atoms with E-state index in [2.05, 4.69) is 5.32 Å². The summed E-state index contributed by atoms with van der Waals surface area (Å²) >= 11 is 0. The molecule has 6 nitrogen and oxygen atoms in total. The number of aromatic hydroxyl groups is 1. The summed E-state index contributed by atoms with van der Waals surface area (Å²) in [5, 5.41) is 13.8. The number of Topliss-reactive ketones (excluding diaryl/α,β-unsaturated/α-hetero) is 1. The van der Waals surface area contributed by atoms with E-state index in [0.29, 0.717) is 35.2 Å². The predicted octanol–water partition coefficient (Wildman–Crippen LogP) is 4.96. The number of nitrogens with one attached hydrogen (secondary N) is 1. The van der Waals surface area contributed by atoms with E-state index in [4.69, 9.17) is 9.47 Å². The Morgan fingerprint density at radius 3 is 2.27 bits per heavy atom. The monoisotopic (exact) mass is 449 g/mol. The molecule has 1 aliphatic carbocycles. The van der Waals surface area contributed by atoms with Crippen LogP contribution in [0.2, 0.25) is 0 Å². The van der Waals surface area contributed by atoms with Gasteiger partial charge in [-0.2, -0.15) is 0 Å². The van der Waals surface area contributed by atoms with Crippen LogP contribution in [0.5, 0.6) is 11.5 Å². The average Bonchev–Trinajstić information content (AvgIpc) is 2.84. The molecule has 0 saturated heterocycles. The third-order valence-corrected chi connectivity index (χ3v) is 6.06. The van der Waals surface area contributed by atoms with E-state index in [1.54, 1.807) is 38.3 Å². The number of ether oxygens (including phenoxy) is 2. The van der Waals surface area contributed by atoms with Crippen molar-refractivity contribution in [2.75, 3.05) is 14.2 Å². The minimum Gasteiger partial charge on any atom is -0.508 e. The molecule has 2 aromatic carbocycles. The van der Waals surface area contributed by atoms with E-state index < -0.39 is 11.9 Å². The third-order valence-electron chi connectivity index (χ3n) is 6.06. The number of benzene rings is 2. The van der Waals surface area contributed by atoms with Crippen molar-refractivity contribution in [1.29, 1.82) is 0 Å². The molecule has 0 saturated carbocycles. The maximum atomic E-state index is 13.5. The Labute approximate surface area is 194 Å². The Balaban J connectivity index is 0.00000149. The molecule has 0 bridgehead atoms. The SMILES string of the molecule is CC.COC(=O)C1=C(C)NC2=C(C(=O)CC(c3ccccc3OC)C2)C1c1ccccc1O. The smallest absolute Gasteiger partial charge is 0.336 e. The molecule has 1 heterocycles. The maximum Gasteiger partial charge on any atom is 0.336 e. The van der Waals surface area contributed by atoms with Gasteiger partial charge in [0.15, 0.2) is 5.78 Å². The minimum atomic E-state index is -0.684. The van der Waals surface area contributed by atoms with E-state index in [-0.39, 0.29) is 17.5 Å². The summed E-state index contributed by atoms with van der Waals surface area (Å²) in [4.78, 5) is 26.1. The largest absolute Gasteiger partial charge is 0.508 e. The number of ketones is 1. The van der Waals surface area contributed by atoms with Gasteiger partial charge in [0.2, 0.25) is 0 Å². The molecule has 1 aliphatic heterocycles. The second-order valence-electron chi connectivity index (χ2n) is 7.81. The second-order valence-corrected chi connectivity index (χ2v) is 7.81. The van der Waals surface area contributed by atoms with Gasteiger partial charge in [0.05, 0.1) is 25.7 Å². The molecular formula is C27H31NO5. The highest BCUT2D eigenvalue weighted by Crippen LogP contribution is 2.48. The first-order valence-corrected chi connectivity index (χ1v) is 11.2. The first-order chi connectivity index (χ1) is 16.0. The maximum absolute atomic E-state index is 13.5. The van der Waals surface area contributed by atoms with Crippen molar-refractivity contribution in [3.05, 3.63) is 82.2 Å². The number of carbonyl (C=O) groups is 2. The van der Waals surface area contributed by atoms with E-state index >= 15 is 0 Å². The van der Waals surface area contributed by atoms with Crippen LogP contribution in [0.15, 0.2) is 71.1 Å².